The van der Waals surface area contributed by atoms with Gasteiger partial charge in [-0.15, -0.1) is 11.6 Å². The van der Waals surface area contributed by atoms with E-state index in [0.29, 0.717) is 23.9 Å². The fraction of sp³-hybridized carbons (Fsp3) is 0.455. The van der Waals surface area contributed by atoms with E-state index in [1.807, 2.05) is 0 Å². The Morgan fingerprint density at radius 3 is 3.00 bits per heavy atom. The molecule has 88 valence electrons. The van der Waals surface area contributed by atoms with Crippen LogP contribution in [0.25, 0.3) is 0 Å². The second-order valence-electron chi connectivity index (χ2n) is 3.68. The molecule has 0 saturated carbocycles. The molecule has 0 radical (unpaired) electrons. The summed E-state index contributed by atoms with van der Waals surface area (Å²) in [6, 6.07) is 1.74. The van der Waals surface area contributed by atoms with Crippen LogP contribution < -0.4 is 5.32 Å². The molecule has 0 saturated heterocycles. The van der Waals surface area contributed by atoms with Gasteiger partial charge < -0.3 is 5.32 Å². The lowest BCUT2D eigenvalue weighted by molar-refractivity contribution is 0.0947. The number of pyridine rings is 1. The molecule has 0 fully saturated rings. The highest BCUT2D eigenvalue weighted by Crippen LogP contribution is 2.09. The van der Waals surface area contributed by atoms with E-state index in [1.165, 1.54) is 0 Å². The van der Waals surface area contributed by atoms with Crippen molar-refractivity contribution in [1.29, 1.82) is 0 Å². The number of hydrogen-bond acceptors (Lipinski definition) is 2. The fourth-order valence-electron chi connectivity index (χ4n) is 1.19. The van der Waals surface area contributed by atoms with E-state index in [4.69, 9.17) is 11.6 Å². The molecule has 3 nitrogen and oxygen atoms in total. The number of nitrogens with one attached hydrogen (secondary N) is 1. The Morgan fingerprint density at radius 2 is 2.38 bits per heavy atom. The molecule has 0 spiro atoms. The lowest BCUT2D eigenvalue weighted by Gasteiger charge is -2.10. The Kier molecular flexibility index (Phi) is 5.77. The minimum absolute atomic E-state index is 0.102. The van der Waals surface area contributed by atoms with Crippen LogP contribution in [0.4, 0.5) is 0 Å². The molecule has 1 unspecified atom stereocenters. The Labute approximate surface area is 109 Å². The molecule has 0 aliphatic heterocycles. The molecule has 1 aromatic rings. The number of nitrogens with zero attached hydrogens (tertiary/aromatic N) is 1. The smallest absolute Gasteiger partial charge is 0.252 e. The van der Waals surface area contributed by atoms with Crippen molar-refractivity contribution in [2.75, 3.05) is 12.4 Å². The Morgan fingerprint density at radius 1 is 1.62 bits per heavy atom. The van der Waals surface area contributed by atoms with E-state index >= 15 is 0 Å². The van der Waals surface area contributed by atoms with E-state index in [-0.39, 0.29) is 5.91 Å². The van der Waals surface area contributed by atoms with Crippen molar-refractivity contribution in [1.82, 2.24) is 10.3 Å². The van der Waals surface area contributed by atoms with Gasteiger partial charge in [0, 0.05) is 29.3 Å². The number of halogens is 2. The number of rotatable bonds is 5. The van der Waals surface area contributed by atoms with Crippen LogP contribution in [0.5, 0.6) is 0 Å². The van der Waals surface area contributed by atoms with Crippen LogP contribution in [0.1, 0.15) is 23.7 Å². The van der Waals surface area contributed by atoms with Gasteiger partial charge in [-0.2, -0.15) is 0 Å². The molecular weight excluding hydrogens is 291 g/mol. The Balaban J connectivity index is 2.47. The Bertz CT molecular complexity index is 360. The average Bonchev–Trinajstić information content (AvgIpc) is 2.26. The topological polar surface area (TPSA) is 42.0 Å². The fourth-order valence-corrected chi connectivity index (χ4v) is 1.93. The average molecular weight is 306 g/mol. The minimum Gasteiger partial charge on any atom is -0.352 e. The predicted octanol–water partition coefficient (Wildman–Crippen LogP) is 2.84. The largest absolute Gasteiger partial charge is 0.352 e. The van der Waals surface area contributed by atoms with Crippen molar-refractivity contribution in [3.63, 3.8) is 0 Å². The highest BCUT2D eigenvalue weighted by molar-refractivity contribution is 9.10. The number of amides is 1. The van der Waals surface area contributed by atoms with Crippen LogP contribution in [0, 0.1) is 5.92 Å². The number of hydrogen-bond donors (Lipinski definition) is 1. The number of aromatic nitrogens is 1. The lowest BCUT2D eigenvalue weighted by Crippen LogP contribution is -2.28. The summed E-state index contributed by atoms with van der Waals surface area (Å²) in [7, 11) is 0. The third-order valence-corrected chi connectivity index (χ3v) is 2.83. The summed E-state index contributed by atoms with van der Waals surface area (Å²) in [5.74, 6) is 0.909. The van der Waals surface area contributed by atoms with Crippen LogP contribution in [0.2, 0.25) is 0 Å². The standard InChI is InChI=1S/C11H14BrClN2O/c1-8(2-3-13)5-15-11(16)9-4-10(12)7-14-6-9/h4,6-8H,2-3,5H2,1H3,(H,15,16). The molecule has 1 amide bonds. The molecule has 1 aromatic heterocycles. The van der Waals surface area contributed by atoms with Gasteiger partial charge in [0.15, 0.2) is 0 Å². The molecule has 1 heterocycles. The number of alkyl halides is 1. The summed E-state index contributed by atoms with van der Waals surface area (Å²) in [6.45, 7) is 2.69. The maximum absolute atomic E-state index is 11.7. The van der Waals surface area contributed by atoms with Crippen LogP contribution in [0.3, 0.4) is 0 Å². The zero-order chi connectivity index (χ0) is 12.0. The summed E-state index contributed by atoms with van der Waals surface area (Å²) in [4.78, 5) is 15.6. The lowest BCUT2D eigenvalue weighted by atomic mass is 10.1. The maximum atomic E-state index is 11.7. The summed E-state index contributed by atoms with van der Waals surface area (Å²) in [5, 5.41) is 2.85. The van der Waals surface area contributed by atoms with Crippen molar-refractivity contribution in [3.8, 4) is 0 Å². The summed E-state index contributed by atoms with van der Waals surface area (Å²) >= 11 is 8.90. The summed E-state index contributed by atoms with van der Waals surface area (Å²) in [6.07, 6.45) is 4.10. The minimum atomic E-state index is -0.102. The summed E-state index contributed by atoms with van der Waals surface area (Å²) in [5.41, 5.74) is 0.562. The van der Waals surface area contributed by atoms with Crippen molar-refractivity contribution in [2.24, 2.45) is 5.92 Å². The number of carbonyl (C=O) groups is 1. The van der Waals surface area contributed by atoms with Crippen LogP contribution in [-0.4, -0.2) is 23.3 Å². The molecule has 5 heteroatoms. The molecule has 16 heavy (non-hydrogen) atoms. The first-order valence-electron chi connectivity index (χ1n) is 5.08. The van der Waals surface area contributed by atoms with Gasteiger partial charge in [-0.1, -0.05) is 6.92 Å². The van der Waals surface area contributed by atoms with E-state index in [2.05, 4.69) is 33.2 Å². The molecule has 0 bridgehead atoms. The Hall–Kier alpha value is -0.610. The van der Waals surface area contributed by atoms with Gasteiger partial charge in [-0.05, 0) is 34.3 Å². The first-order chi connectivity index (χ1) is 7.63. The van der Waals surface area contributed by atoms with Gasteiger partial charge >= 0.3 is 0 Å². The third-order valence-electron chi connectivity index (χ3n) is 2.18. The van der Waals surface area contributed by atoms with Crippen LogP contribution in [0.15, 0.2) is 22.9 Å². The molecule has 0 aromatic carbocycles. The van der Waals surface area contributed by atoms with Gasteiger partial charge in [0.1, 0.15) is 0 Å². The quantitative estimate of drug-likeness (QED) is 0.850. The monoisotopic (exact) mass is 304 g/mol. The zero-order valence-electron chi connectivity index (χ0n) is 9.04. The molecule has 1 N–H and O–H groups in total. The van der Waals surface area contributed by atoms with Crippen molar-refractivity contribution in [2.45, 2.75) is 13.3 Å². The van der Waals surface area contributed by atoms with Crippen LogP contribution in [-0.2, 0) is 0 Å². The van der Waals surface area contributed by atoms with Crippen molar-refractivity contribution < 1.29 is 4.79 Å². The van der Waals surface area contributed by atoms with Crippen molar-refractivity contribution >= 4 is 33.4 Å². The van der Waals surface area contributed by atoms with Crippen LogP contribution >= 0.6 is 27.5 Å². The first kappa shape index (κ1) is 13.5. The molecule has 0 aliphatic rings. The SMILES string of the molecule is CC(CCCl)CNC(=O)c1cncc(Br)c1. The van der Waals surface area contributed by atoms with Gasteiger partial charge in [-0.3, -0.25) is 9.78 Å². The second kappa shape index (κ2) is 6.86. The van der Waals surface area contributed by atoms with Gasteiger partial charge in [0.25, 0.3) is 5.91 Å². The van der Waals surface area contributed by atoms with Gasteiger partial charge in [0.05, 0.1) is 5.56 Å². The number of carbonyl (C=O) groups excluding carboxylic acids is 1. The highest BCUT2D eigenvalue weighted by atomic mass is 79.9. The molecule has 1 atom stereocenters. The zero-order valence-corrected chi connectivity index (χ0v) is 11.4. The van der Waals surface area contributed by atoms with E-state index in [1.54, 1.807) is 18.5 Å². The predicted molar refractivity (Wildman–Crippen MR) is 68.8 cm³/mol. The molecule has 0 aliphatic carbocycles. The molecule has 1 rings (SSSR count). The third kappa shape index (κ3) is 4.49. The van der Waals surface area contributed by atoms with E-state index in [9.17, 15) is 4.79 Å². The van der Waals surface area contributed by atoms with Gasteiger partial charge in [-0.25, -0.2) is 0 Å². The highest BCUT2D eigenvalue weighted by Gasteiger charge is 2.08. The summed E-state index contributed by atoms with van der Waals surface area (Å²) < 4.78 is 0.800. The second-order valence-corrected chi connectivity index (χ2v) is 4.98. The van der Waals surface area contributed by atoms with E-state index < -0.39 is 0 Å². The molecular formula is C11H14BrClN2O. The normalized spacial score (nSPS) is 12.2. The van der Waals surface area contributed by atoms with Gasteiger partial charge in [0.2, 0.25) is 0 Å². The van der Waals surface area contributed by atoms with E-state index in [0.717, 1.165) is 10.9 Å². The van der Waals surface area contributed by atoms with Crippen molar-refractivity contribution in [3.05, 3.63) is 28.5 Å². The first-order valence-corrected chi connectivity index (χ1v) is 6.41. The maximum Gasteiger partial charge on any atom is 0.252 e.